The molecule has 3 fully saturated rings. The summed E-state index contributed by atoms with van der Waals surface area (Å²) in [7, 11) is -1.61. The van der Waals surface area contributed by atoms with Crippen molar-refractivity contribution in [2.45, 2.75) is 55.3 Å². The van der Waals surface area contributed by atoms with Crippen LogP contribution < -0.4 is 4.72 Å². The number of sulfonamides is 1. The SMILES string of the molecule is CN(C[C@@]1(c2cccc(Cl)c2)C[C@H]1CN1CCC(CNS(=O)(=O)c2cccc3ccccc23)CC1)C(=O)C1CCCC1. The van der Waals surface area contributed by atoms with Crippen molar-refractivity contribution in [1.29, 1.82) is 0 Å². The van der Waals surface area contributed by atoms with Gasteiger partial charge in [0.25, 0.3) is 0 Å². The predicted molar refractivity (Wildman–Crippen MR) is 169 cm³/mol. The van der Waals surface area contributed by atoms with Gasteiger partial charge in [0.2, 0.25) is 15.9 Å². The van der Waals surface area contributed by atoms with Crippen LogP contribution in [-0.4, -0.2) is 63.9 Å². The van der Waals surface area contributed by atoms with E-state index in [4.69, 9.17) is 11.6 Å². The van der Waals surface area contributed by atoms with E-state index in [1.165, 1.54) is 5.56 Å². The fraction of sp³-hybridized carbons (Fsp3) is 0.500. The lowest BCUT2D eigenvalue weighted by Gasteiger charge is -2.33. The number of fused-ring (bicyclic) bond motifs is 1. The number of amides is 1. The van der Waals surface area contributed by atoms with Crippen LogP contribution >= 0.6 is 11.6 Å². The molecule has 1 heterocycles. The minimum absolute atomic E-state index is 0.0567. The number of nitrogens with zero attached hydrogens (tertiary/aromatic N) is 2. The van der Waals surface area contributed by atoms with Crippen molar-refractivity contribution in [2.75, 3.05) is 39.8 Å². The van der Waals surface area contributed by atoms with Crippen LogP contribution in [0, 0.1) is 17.8 Å². The number of nitrogens with one attached hydrogen (secondary N) is 1. The highest BCUT2D eigenvalue weighted by atomic mass is 35.5. The van der Waals surface area contributed by atoms with Gasteiger partial charge in [-0.2, -0.15) is 0 Å². The molecule has 1 saturated heterocycles. The Balaban J connectivity index is 1.05. The molecule has 3 aromatic carbocycles. The second-order valence-electron chi connectivity index (χ2n) is 12.8. The van der Waals surface area contributed by atoms with E-state index in [1.807, 2.05) is 54.4 Å². The van der Waals surface area contributed by atoms with Gasteiger partial charge in [0, 0.05) is 48.4 Å². The first kappa shape index (κ1) is 29.6. The zero-order valence-corrected chi connectivity index (χ0v) is 26.0. The summed E-state index contributed by atoms with van der Waals surface area (Å²) >= 11 is 6.43. The Morgan fingerprint density at radius 2 is 1.71 bits per heavy atom. The molecule has 0 unspecified atom stereocenters. The summed E-state index contributed by atoms with van der Waals surface area (Å²) in [5.41, 5.74) is 1.18. The molecule has 2 aliphatic carbocycles. The van der Waals surface area contributed by atoms with Crippen LogP contribution in [0.15, 0.2) is 71.6 Å². The van der Waals surface area contributed by atoms with Gasteiger partial charge in [0.15, 0.2) is 0 Å². The number of hydrogen-bond acceptors (Lipinski definition) is 4. The van der Waals surface area contributed by atoms with Gasteiger partial charge in [-0.25, -0.2) is 13.1 Å². The van der Waals surface area contributed by atoms with Gasteiger partial charge < -0.3 is 9.80 Å². The minimum atomic E-state index is -3.59. The molecule has 8 heteroatoms. The van der Waals surface area contributed by atoms with Crippen molar-refractivity contribution in [2.24, 2.45) is 17.8 Å². The van der Waals surface area contributed by atoms with Crippen LogP contribution in [0.2, 0.25) is 5.02 Å². The van der Waals surface area contributed by atoms with E-state index in [1.54, 1.807) is 12.1 Å². The molecule has 0 spiro atoms. The average Bonchev–Trinajstić information content (AvgIpc) is 3.39. The predicted octanol–water partition coefficient (Wildman–Crippen LogP) is 6.09. The molecule has 0 aromatic heterocycles. The largest absolute Gasteiger partial charge is 0.345 e. The molecule has 1 N–H and O–H groups in total. The highest BCUT2D eigenvalue weighted by molar-refractivity contribution is 7.89. The molecule has 3 aromatic rings. The summed E-state index contributed by atoms with van der Waals surface area (Å²) in [5, 5.41) is 2.43. The highest BCUT2D eigenvalue weighted by Crippen LogP contribution is 2.55. The summed E-state index contributed by atoms with van der Waals surface area (Å²) in [5.74, 6) is 1.27. The van der Waals surface area contributed by atoms with Crippen molar-refractivity contribution in [3.8, 4) is 0 Å². The lowest BCUT2D eigenvalue weighted by atomic mass is 9.91. The van der Waals surface area contributed by atoms with E-state index in [0.29, 0.717) is 29.2 Å². The van der Waals surface area contributed by atoms with Gasteiger partial charge in [-0.15, -0.1) is 0 Å². The molecule has 0 bridgehead atoms. The number of likely N-dealkylation sites (N-methyl/N-ethyl adjacent to an activating group) is 1. The van der Waals surface area contributed by atoms with Gasteiger partial charge in [-0.05, 0) is 86.2 Å². The van der Waals surface area contributed by atoms with Crippen molar-refractivity contribution in [3.05, 3.63) is 77.3 Å². The average molecular weight is 608 g/mol. The van der Waals surface area contributed by atoms with Gasteiger partial charge in [0.1, 0.15) is 0 Å². The smallest absolute Gasteiger partial charge is 0.241 e. The third kappa shape index (κ3) is 6.26. The maximum atomic E-state index is 13.2. The number of benzene rings is 3. The Morgan fingerprint density at radius 3 is 2.48 bits per heavy atom. The Bertz CT molecular complexity index is 1530. The Hall–Kier alpha value is -2.45. The number of rotatable bonds is 10. The van der Waals surface area contributed by atoms with Crippen molar-refractivity contribution in [1.82, 2.24) is 14.5 Å². The van der Waals surface area contributed by atoms with Crippen LogP contribution in [0.25, 0.3) is 10.8 Å². The Kier molecular flexibility index (Phi) is 8.65. The third-order valence-corrected chi connectivity index (χ3v) is 11.7. The van der Waals surface area contributed by atoms with Crippen LogP contribution in [0.4, 0.5) is 0 Å². The molecule has 2 atom stereocenters. The number of carbonyl (C=O) groups is 1. The first-order valence-electron chi connectivity index (χ1n) is 15.5. The summed E-state index contributed by atoms with van der Waals surface area (Å²) in [6.07, 6.45) is 7.35. The maximum absolute atomic E-state index is 13.2. The third-order valence-electron chi connectivity index (χ3n) is 10.0. The van der Waals surface area contributed by atoms with Crippen LogP contribution in [-0.2, 0) is 20.2 Å². The topological polar surface area (TPSA) is 69.7 Å². The Labute approximate surface area is 255 Å². The summed E-state index contributed by atoms with van der Waals surface area (Å²) < 4.78 is 29.3. The molecular weight excluding hydrogens is 566 g/mol. The molecule has 6 nitrogen and oxygen atoms in total. The second kappa shape index (κ2) is 12.3. The maximum Gasteiger partial charge on any atom is 0.241 e. The minimum Gasteiger partial charge on any atom is -0.345 e. The molecule has 224 valence electrons. The molecular formula is C34H42ClN3O3S. The van der Waals surface area contributed by atoms with E-state index in [9.17, 15) is 13.2 Å². The summed E-state index contributed by atoms with van der Waals surface area (Å²) in [6.45, 7) is 4.11. The fourth-order valence-electron chi connectivity index (χ4n) is 7.46. The fourth-order valence-corrected chi connectivity index (χ4v) is 9.00. The number of piperidine rings is 1. The molecule has 6 rings (SSSR count). The molecule has 42 heavy (non-hydrogen) atoms. The molecule has 3 aliphatic rings. The standard InChI is InChI=1S/C34H42ClN3O3S/c1-37(33(39)27-9-2-3-10-27)24-34(28-12-7-13-30(35)20-28)21-29(34)23-38-18-16-25(17-19-38)22-36-42(40,41)32-15-6-11-26-8-4-5-14-31(26)32/h4-8,11-15,20,25,27,29,36H,2-3,9-10,16-19,21-24H2,1H3/t29-,34+/m0/s1. The molecule has 1 amide bonds. The van der Waals surface area contributed by atoms with E-state index in [0.717, 1.165) is 86.9 Å². The monoisotopic (exact) mass is 607 g/mol. The number of halogens is 1. The summed E-state index contributed by atoms with van der Waals surface area (Å²) in [6, 6.07) is 21.3. The van der Waals surface area contributed by atoms with Crippen LogP contribution in [0.1, 0.15) is 50.5 Å². The number of hydrogen-bond donors (Lipinski definition) is 1. The zero-order valence-electron chi connectivity index (χ0n) is 24.5. The molecule has 1 aliphatic heterocycles. The zero-order chi connectivity index (χ0) is 29.3. The number of likely N-dealkylation sites (tertiary alicyclic amines) is 1. The van der Waals surface area contributed by atoms with Gasteiger partial charge in [0.05, 0.1) is 4.90 Å². The normalized spacial score (nSPS) is 23.8. The number of carbonyl (C=O) groups excluding carboxylic acids is 1. The van der Waals surface area contributed by atoms with Gasteiger partial charge in [-0.3, -0.25) is 4.79 Å². The van der Waals surface area contributed by atoms with Crippen LogP contribution in [0.5, 0.6) is 0 Å². The van der Waals surface area contributed by atoms with Gasteiger partial charge >= 0.3 is 0 Å². The quantitative estimate of drug-likeness (QED) is 0.303. The van der Waals surface area contributed by atoms with E-state index >= 15 is 0 Å². The van der Waals surface area contributed by atoms with Crippen LogP contribution in [0.3, 0.4) is 0 Å². The van der Waals surface area contributed by atoms with Crippen molar-refractivity contribution in [3.63, 3.8) is 0 Å². The Morgan fingerprint density at radius 1 is 1.00 bits per heavy atom. The second-order valence-corrected chi connectivity index (χ2v) is 15.0. The van der Waals surface area contributed by atoms with Gasteiger partial charge in [-0.1, -0.05) is 73.0 Å². The molecule has 2 saturated carbocycles. The van der Waals surface area contributed by atoms with E-state index in [-0.39, 0.29) is 11.3 Å². The summed E-state index contributed by atoms with van der Waals surface area (Å²) in [4.78, 5) is 18.1. The molecule has 0 radical (unpaired) electrons. The first-order valence-corrected chi connectivity index (χ1v) is 17.3. The lowest BCUT2D eigenvalue weighted by Crippen LogP contribution is -2.42. The first-order chi connectivity index (χ1) is 20.2. The van der Waals surface area contributed by atoms with Crippen molar-refractivity contribution < 1.29 is 13.2 Å². The lowest BCUT2D eigenvalue weighted by molar-refractivity contribution is -0.134. The highest BCUT2D eigenvalue weighted by Gasteiger charge is 2.56. The van der Waals surface area contributed by atoms with Crippen molar-refractivity contribution >= 4 is 38.3 Å². The van der Waals surface area contributed by atoms with E-state index < -0.39 is 10.0 Å². The van der Waals surface area contributed by atoms with E-state index in [2.05, 4.69) is 21.8 Å².